The lowest BCUT2D eigenvalue weighted by Gasteiger charge is -2.33. The van der Waals surface area contributed by atoms with E-state index in [-0.39, 0.29) is 11.7 Å². The largest absolute Gasteiger partial charge is 0.481 e. The lowest BCUT2D eigenvalue weighted by molar-refractivity contribution is -0.147. The molecule has 0 radical (unpaired) electrons. The summed E-state index contributed by atoms with van der Waals surface area (Å²) in [6.45, 7) is 10.0. The standard InChI is InChI=1S/C15H26O5/c1-6-7-9(2)13(19)10(3)14(20)15(4,5)11(16)8-12(17)18/h6,9-11,13,16,19H,1,7-8H2,2-5H3,(H,17,18)/t9-,10+,11-,13-/m0/s1. The van der Waals surface area contributed by atoms with Crippen LogP contribution in [-0.2, 0) is 9.59 Å². The molecule has 5 nitrogen and oxygen atoms in total. The lowest BCUT2D eigenvalue weighted by atomic mass is 9.73. The van der Waals surface area contributed by atoms with E-state index >= 15 is 0 Å². The molecule has 3 N–H and O–H groups in total. The van der Waals surface area contributed by atoms with Crippen molar-refractivity contribution < 1.29 is 24.9 Å². The number of aliphatic carboxylic acids is 1. The minimum absolute atomic E-state index is 0.126. The lowest BCUT2D eigenvalue weighted by Crippen LogP contribution is -2.45. The Morgan fingerprint density at radius 2 is 1.75 bits per heavy atom. The predicted octanol–water partition coefficient (Wildman–Crippen LogP) is 1.63. The van der Waals surface area contributed by atoms with Gasteiger partial charge in [-0.1, -0.05) is 33.8 Å². The maximum Gasteiger partial charge on any atom is 0.306 e. The summed E-state index contributed by atoms with van der Waals surface area (Å²) in [5.74, 6) is -2.30. The highest BCUT2D eigenvalue weighted by Gasteiger charge is 2.41. The number of hydrogen-bond acceptors (Lipinski definition) is 4. The predicted molar refractivity (Wildman–Crippen MR) is 76.2 cm³/mol. The van der Waals surface area contributed by atoms with Crippen LogP contribution in [0.5, 0.6) is 0 Å². The molecule has 0 unspecified atom stereocenters. The van der Waals surface area contributed by atoms with E-state index in [2.05, 4.69) is 6.58 Å². The van der Waals surface area contributed by atoms with Gasteiger partial charge in [-0.25, -0.2) is 0 Å². The quantitative estimate of drug-likeness (QED) is 0.560. The second-order valence-corrected chi connectivity index (χ2v) is 5.98. The van der Waals surface area contributed by atoms with Gasteiger partial charge in [0.05, 0.1) is 24.0 Å². The third-order valence-electron chi connectivity index (χ3n) is 3.88. The van der Waals surface area contributed by atoms with Crippen LogP contribution in [0.15, 0.2) is 12.7 Å². The molecule has 4 atom stereocenters. The minimum Gasteiger partial charge on any atom is -0.481 e. The Labute approximate surface area is 120 Å². The number of carbonyl (C=O) groups excluding carboxylic acids is 1. The molecule has 0 aliphatic carbocycles. The second-order valence-electron chi connectivity index (χ2n) is 5.98. The summed E-state index contributed by atoms with van der Waals surface area (Å²) in [5, 5.41) is 28.7. The van der Waals surface area contributed by atoms with Gasteiger partial charge < -0.3 is 15.3 Å². The molecule has 0 saturated carbocycles. The molecule has 5 heteroatoms. The Kier molecular flexibility index (Phi) is 7.09. The van der Waals surface area contributed by atoms with E-state index < -0.39 is 35.9 Å². The van der Waals surface area contributed by atoms with Crippen molar-refractivity contribution in [2.75, 3.05) is 0 Å². The average molecular weight is 286 g/mol. The first-order chi connectivity index (χ1) is 9.05. The van der Waals surface area contributed by atoms with Crippen molar-refractivity contribution in [3.05, 3.63) is 12.7 Å². The second kappa shape index (κ2) is 7.55. The van der Waals surface area contributed by atoms with Gasteiger partial charge in [0.2, 0.25) is 0 Å². The van der Waals surface area contributed by atoms with Gasteiger partial charge in [0, 0.05) is 5.92 Å². The number of carboxylic acid groups (broad SMARTS) is 1. The van der Waals surface area contributed by atoms with E-state index in [9.17, 15) is 19.8 Å². The number of hydrogen-bond donors (Lipinski definition) is 3. The summed E-state index contributed by atoms with van der Waals surface area (Å²) in [6, 6.07) is 0. The first kappa shape index (κ1) is 18.8. The number of ketones is 1. The fourth-order valence-corrected chi connectivity index (χ4v) is 2.22. The van der Waals surface area contributed by atoms with Gasteiger partial charge in [0.25, 0.3) is 0 Å². The van der Waals surface area contributed by atoms with Crippen LogP contribution >= 0.6 is 0 Å². The molecule has 0 spiro atoms. The molecule has 0 bridgehead atoms. The molecule has 0 aliphatic rings. The topological polar surface area (TPSA) is 94.8 Å². The first-order valence-corrected chi connectivity index (χ1v) is 6.78. The molecule has 0 saturated heterocycles. The molecule has 0 aliphatic heterocycles. The third kappa shape index (κ3) is 4.72. The fraction of sp³-hybridized carbons (Fsp3) is 0.733. The average Bonchev–Trinajstić information content (AvgIpc) is 2.35. The Hall–Kier alpha value is -1.20. The van der Waals surface area contributed by atoms with Gasteiger partial charge in [0.1, 0.15) is 5.78 Å². The number of allylic oxidation sites excluding steroid dienone is 1. The molecule has 0 heterocycles. The number of aliphatic hydroxyl groups is 2. The zero-order chi connectivity index (χ0) is 16.1. The van der Waals surface area contributed by atoms with Crippen LogP contribution < -0.4 is 0 Å². The van der Waals surface area contributed by atoms with E-state index in [1.54, 1.807) is 13.0 Å². The highest BCUT2D eigenvalue weighted by atomic mass is 16.4. The van der Waals surface area contributed by atoms with Crippen LogP contribution in [0, 0.1) is 17.3 Å². The van der Waals surface area contributed by atoms with E-state index in [4.69, 9.17) is 5.11 Å². The van der Waals surface area contributed by atoms with Crippen molar-refractivity contribution in [2.45, 2.75) is 52.7 Å². The van der Waals surface area contributed by atoms with Crippen LogP contribution in [0.25, 0.3) is 0 Å². The summed E-state index contributed by atoms with van der Waals surface area (Å²) >= 11 is 0. The zero-order valence-corrected chi connectivity index (χ0v) is 12.7. The smallest absolute Gasteiger partial charge is 0.306 e. The van der Waals surface area contributed by atoms with Crippen molar-refractivity contribution in [2.24, 2.45) is 17.3 Å². The van der Waals surface area contributed by atoms with E-state index in [0.29, 0.717) is 6.42 Å². The molecule has 0 rings (SSSR count). The molecule has 0 amide bonds. The summed E-state index contributed by atoms with van der Waals surface area (Å²) in [6.07, 6.45) is -0.371. The first-order valence-electron chi connectivity index (χ1n) is 6.78. The van der Waals surface area contributed by atoms with Crippen LogP contribution in [-0.4, -0.2) is 39.3 Å². The number of carboxylic acids is 1. The summed E-state index contributed by atoms with van der Waals surface area (Å²) in [7, 11) is 0. The number of rotatable bonds is 9. The Morgan fingerprint density at radius 3 is 2.15 bits per heavy atom. The van der Waals surface area contributed by atoms with Gasteiger partial charge in [-0.05, 0) is 12.3 Å². The summed E-state index contributed by atoms with van der Waals surface area (Å²) in [5.41, 5.74) is -1.22. The Balaban J connectivity index is 4.93. The number of aliphatic hydroxyl groups excluding tert-OH is 2. The molecule has 0 aromatic heterocycles. The maximum absolute atomic E-state index is 12.4. The zero-order valence-electron chi connectivity index (χ0n) is 12.7. The SMILES string of the molecule is C=CC[C@H](C)[C@H](O)[C@@H](C)C(=O)C(C)(C)[C@@H](O)CC(=O)O. The molecule has 0 aromatic carbocycles. The van der Waals surface area contributed by atoms with Crippen molar-refractivity contribution >= 4 is 11.8 Å². The van der Waals surface area contributed by atoms with Crippen LogP contribution in [0.2, 0.25) is 0 Å². The van der Waals surface area contributed by atoms with E-state index in [1.807, 2.05) is 6.92 Å². The molecule has 116 valence electrons. The van der Waals surface area contributed by atoms with Crippen LogP contribution in [0.1, 0.15) is 40.5 Å². The Bertz CT molecular complexity index is 361. The molecular weight excluding hydrogens is 260 g/mol. The molecule has 20 heavy (non-hydrogen) atoms. The number of carbonyl (C=O) groups is 2. The van der Waals surface area contributed by atoms with E-state index in [0.717, 1.165) is 0 Å². The van der Waals surface area contributed by atoms with Crippen molar-refractivity contribution in [3.63, 3.8) is 0 Å². The highest BCUT2D eigenvalue weighted by molar-refractivity contribution is 5.87. The minimum atomic E-state index is -1.28. The summed E-state index contributed by atoms with van der Waals surface area (Å²) < 4.78 is 0. The monoisotopic (exact) mass is 286 g/mol. The molecule has 0 fully saturated rings. The third-order valence-corrected chi connectivity index (χ3v) is 3.88. The summed E-state index contributed by atoms with van der Waals surface area (Å²) in [4.78, 5) is 23.0. The number of Topliss-reactive ketones (excluding diaryl/α,β-unsaturated/α-hetero) is 1. The van der Waals surface area contributed by atoms with Gasteiger partial charge >= 0.3 is 5.97 Å². The molecule has 0 aromatic rings. The van der Waals surface area contributed by atoms with Crippen molar-refractivity contribution in [1.29, 1.82) is 0 Å². The van der Waals surface area contributed by atoms with Gasteiger partial charge in [-0.15, -0.1) is 6.58 Å². The molecular formula is C15H26O5. The van der Waals surface area contributed by atoms with Crippen molar-refractivity contribution in [1.82, 2.24) is 0 Å². The van der Waals surface area contributed by atoms with Crippen molar-refractivity contribution in [3.8, 4) is 0 Å². The van der Waals surface area contributed by atoms with Crippen LogP contribution in [0.4, 0.5) is 0 Å². The highest BCUT2D eigenvalue weighted by Crippen LogP contribution is 2.31. The maximum atomic E-state index is 12.4. The van der Waals surface area contributed by atoms with Gasteiger partial charge in [-0.2, -0.15) is 0 Å². The fourth-order valence-electron chi connectivity index (χ4n) is 2.22. The Morgan fingerprint density at radius 1 is 1.25 bits per heavy atom. The van der Waals surface area contributed by atoms with Gasteiger partial charge in [0.15, 0.2) is 0 Å². The van der Waals surface area contributed by atoms with Crippen LogP contribution in [0.3, 0.4) is 0 Å². The van der Waals surface area contributed by atoms with E-state index in [1.165, 1.54) is 13.8 Å². The van der Waals surface area contributed by atoms with Gasteiger partial charge in [-0.3, -0.25) is 9.59 Å². The normalized spacial score (nSPS) is 17.9.